The van der Waals surface area contributed by atoms with Crippen LogP contribution >= 0.6 is 0 Å². The van der Waals surface area contributed by atoms with Gasteiger partial charge in [0.1, 0.15) is 0 Å². The van der Waals surface area contributed by atoms with Crippen LogP contribution in [0.25, 0.3) is 0 Å². The molecule has 6 heteroatoms. The summed E-state index contributed by atoms with van der Waals surface area (Å²) in [5.74, 6) is -0.989. The summed E-state index contributed by atoms with van der Waals surface area (Å²) in [4.78, 5) is 22.1. The van der Waals surface area contributed by atoms with Gasteiger partial charge in [0.25, 0.3) is 0 Å². The third-order valence-corrected chi connectivity index (χ3v) is 2.05. The van der Waals surface area contributed by atoms with E-state index in [1.54, 1.807) is 27.1 Å². The van der Waals surface area contributed by atoms with Gasteiger partial charge >= 0.3 is 12.0 Å². The second-order valence-corrected chi connectivity index (χ2v) is 3.80. The number of urea groups is 1. The molecule has 0 radical (unpaired) electrons. The molecule has 1 rings (SSSR count). The van der Waals surface area contributed by atoms with Gasteiger partial charge in [-0.25, -0.2) is 14.6 Å². The Hall–Kier alpha value is -2.08. The van der Waals surface area contributed by atoms with Crippen LogP contribution in [0, 0.1) is 6.92 Å². The maximum Gasteiger partial charge on any atom is 0.335 e. The first-order chi connectivity index (χ1) is 7.90. The highest BCUT2D eigenvalue weighted by atomic mass is 16.4. The molecule has 0 bridgehead atoms. The molecule has 1 aromatic carbocycles. The Balaban J connectivity index is 2.79. The Labute approximate surface area is 99.2 Å². The van der Waals surface area contributed by atoms with E-state index in [9.17, 15) is 9.59 Å². The predicted molar refractivity (Wildman–Crippen MR) is 64.0 cm³/mol. The van der Waals surface area contributed by atoms with E-state index in [1.165, 1.54) is 17.1 Å². The number of aryl methyl sites for hydroxylation is 1. The molecule has 3 N–H and O–H groups in total. The summed E-state index contributed by atoms with van der Waals surface area (Å²) in [5, 5.41) is 12.9. The highest BCUT2D eigenvalue weighted by Gasteiger charge is 2.08. The van der Waals surface area contributed by atoms with Gasteiger partial charge in [0, 0.05) is 19.8 Å². The van der Waals surface area contributed by atoms with Gasteiger partial charge in [-0.1, -0.05) is 0 Å². The number of rotatable bonds is 3. The molecule has 2 amide bonds. The monoisotopic (exact) mass is 237 g/mol. The van der Waals surface area contributed by atoms with E-state index in [-0.39, 0.29) is 11.6 Å². The molecule has 0 heterocycles. The van der Waals surface area contributed by atoms with E-state index in [1.807, 2.05) is 0 Å². The van der Waals surface area contributed by atoms with Crippen LogP contribution in [0.2, 0.25) is 0 Å². The van der Waals surface area contributed by atoms with Crippen LogP contribution in [0.5, 0.6) is 0 Å². The molecule has 0 saturated heterocycles. The van der Waals surface area contributed by atoms with Gasteiger partial charge in [0.05, 0.1) is 5.56 Å². The first-order valence-corrected chi connectivity index (χ1v) is 4.99. The van der Waals surface area contributed by atoms with Crippen molar-refractivity contribution in [2.75, 3.05) is 19.4 Å². The molecule has 0 aliphatic carbocycles. The van der Waals surface area contributed by atoms with E-state index in [2.05, 4.69) is 10.7 Å². The summed E-state index contributed by atoms with van der Waals surface area (Å²) in [7, 11) is 3.39. The zero-order chi connectivity index (χ0) is 13.0. The average molecular weight is 237 g/mol. The quantitative estimate of drug-likeness (QED) is 0.692. The Bertz CT molecular complexity index is 444. The fourth-order valence-corrected chi connectivity index (χ4v) is 1.29. The second kappa shape index (κ2) is 5.31. The number of amides is 2. The number of benzene rings is 1. The summed E-state index contributed by atoms with van der Waals surface area (Å²) in [6, 6.07) is 4.14. The molecular weight excluding hydrogens is 222 g/mol. The lowest BCUT2D eigenvalue weighted by atomic mass is 10.1. The summed E-state index contributed by atoms with van der Waals surface area (Å²) in [6.45, 7) is 1.73. The lowest BCUT2D eigenvalue weighted by Gasteiger charge is -2.14. The first kappa shape index (κ1) is 13.0. The standard InChI is InChI=1S/C11H15N3O3/c1-7-6-8(10(15)16)4-5-9(7)12-11(17)13-14(2)3/h4-6H,1-3H3,(H,15,16)(H2,12,13,17). The molecule has 0 aliphatic heterocycles. The highest BCUT2D eigenvalue weighted by Crippen LogP contribution is 2.16. The Morgan fingerprint density at radius 3 is 2.41 bits per heavy atom. The maximum absolute atomic E-state index is 11.4. The Morgan fingerprint density at radius 1 is 1.29 bits per heavy atom. The summed E-state index contributed by atoms with van der Waals surface area (Å²) < 4.78 is 0. The van der Waals surface area contributed by atoms with E-state index in [0.29, 0.717) is 11.3 Å². The van der Waals surface area contributed by atoms with Gasteiger partial charge in [0.2, 0.25) is 0 Å². The third-order valence-electron chi connectivity index (χ3n) is 2.05. The molecule has 0 aromatic heterocycles. The minimum Gasteiger partial charge on any atom is -0.478 e. The van der Waals surface area contributed by atoms with Gasteiger partial charge in [0.15, 0.2) is 0 Å². The van der Waals surface area contributed by atoms with E-state index in [0.717, 1.165) is 0 Å². The molecular formula is C11H15N3O3. The fourth-order valence-electron chi connectivity index (χ4n) is 1.29. The van der Waals surface area contributed by atoms with Crippen LogP contribution in [-0.4, -0.2) is 36.2 Å². The molecule has 6 nitrogen and oxygen atoms in total. The molecule has 0 unspecified atom stereocenters. The van der Waals surface area contributed by atoms with Crippen molar-refractivity contribution in [1.82, 2.24) is 10.4 Å². The van der Waals surface area contributed by atoms with Gasteiger partial charge in [-0.15, -0.1) is 0 Å². The van der Waals surface area contributed by atoms with E-state index < -0.39 is 5.97 Å². The number of hydrazine groups is 1. The molecule has 0 spiro atoms. The minimum atomic E-state index is -0.989. The lowest BCUT2D eigenvalue weighted by molar-refractivity contribution is 0.0697. The molecule has 0 fully saturated rings. The topological polar surface area (TPSA) is 81.7 Å². The predicted octanol–water partition coefficient (Wildman–Crippen LogP) is 1.29. The van der Waals surface area contributed by atoms with E-state index in [4.69, 9.17) is 5.11 Å². The first-order valence-electron chi connectivity index (χ1n) is 4.99. The number of nitrogens with one attached hydrogen (secondary N) is 2. The van der Waals surface area contributed by atoms with Gasteiger partial charge in [-0.3, -0.25) is 5.43 Å². The number of hydrogen-bond donors (Lipinski definition) is 3. The van der Waals surface area contributed by atoms with Crippen LogP contribution in [0.4, 0.5) is 10.5 Å². The van der Waals surface area contributed by atoms with Crippen molar-refractivity contribution in [2.24, 2.45) is 0 Å². The number of hydrogen-bond acceptors (Lipinski definition) is 3. The normalized spacial score (nSPS) is 10.1. The Kier molecular flexibility index (Phi) is 4.06. The molecule has 17 heavy (non-hydrogen) atoms. The SMILES string of the molecule is Cc1cc(C(=O)O)ccc1NC(=O)NN(C)C. The van der Waals surface area contributed by atoms with Crippen LogP contribution in [0.3, 0.4) is 0 Å². The van der Waals surface area contributed by atoms with Crippen LogP contribution in [0.15, 0.2) is 18.2 Å². The van der Waals surface area contributed by atoms with Crippen molar-refractivity contribution in [1.29, 1.82) is 0 Å². The number of aromatic carboxylic acids is 1. The zero-order valence-electron chi connectivity index (χ0n) is 9.94. The van der Waals surface area contributed by atoms with Crippen LogP contribution < -0.4 is 10.7 Å². The van der Waals surface area contributed by atoms with Crippen LogP contribution in [0.1, 0.15) is 15.9 Å². The van der Waals surface area contributed by atoms with Crippen molar-refractivity contribution < 1.29 is 14.7 Å². The second-order valence-electron chi connectivity index (χ2n) is 3.80. The number of carboxylic acids is 1. The molecule has 1 aromatic rings. The van der Waals surface area contributed by atoms with Crippen molar-refractivity contribution in [2.45, 2.75) is 6.92 Å². The average Bonchev–Trinajstić information content (AvgIpc) is 2.19. The van der Waals surface area contributed by atoms with Gasteiger partial charge < -0.3 is 10.4 Å². The van der Waals surface area contributed by atoms with Gasteiger partial charge in [-0.2, -0.15) is 0 Å². The van der Waals surface area contributed by atoms with Gasteiger partial charge in [-0.05, 0) is 30.7 Å². The minimum absolute atomic E-state index is 0.195. The molecule has 0 aliphatic rings. The summed E-state index contributed by atoms with van der Waals surface area (Å²) in [5.41, 5.74) is 3.99. The summed E-state index contributed by atoms with van der Waals surface area (Å²) >= 11 is 0. The highest BCUT2D eigenvalue weighted by molar-refractivity contribution is 5.92. The summed E-state index contributed by atoms with van der Waals surface area (Å²) in [6.07, 6.45) is 0. The molecule has 0 saturated carbocycles. The number of nitrogens with zero attached hydrogens (tertiary/aromatic N) is 1. The maximum atomic E-state index is 11.4. The number of carbonyl (C=O) groups excluding carboxylic acids is 1. The van der Waals surface area contributed by atoms with Crippen molar-refractivity contribution >= 4 is 17.7 Å². The lowest BCUT2D eigenvalue weighted by Crippen LogP contribution is -2.39. The number of carbonyl (C=O) groups is 2. The smallest absolute Gasteiger partial charge is 0.335 e. The molecule has 0 atom stereocenters. The largest absolute Gasteiger partial charge is 0.478 e. The van der Waals surface area contributed by atoms with Crippen molar-refractivity contribution in [3.05, 3.63) is 29.3 Å². The van der Waals surface area contributed by atoms with Crippen LogP contribution in [-0.2, 0) is 0 Å². The third kappa shape index (κ3) is 3.76. The zero-order valence-corrected chi connectivity index (χ0v) is 9.94. The Morgan fingerprint density at radius 2 is 1.94 bits per heavy atom. The van der Waals surface area contributed by atoms with Crippen molar-refractivity contribution in [3.8, 4) is 0 Å². The van der Waals surface area contributed by atoms with E-state index >= 15 is 0 Å². The fraction of sp³-hybridized carbons (Fsp3) is 0.273. The number of anilines is 1. The van der Waals surface area contributed by atoms with Crippen molar-refractivity contribution in [3.63, 3.8) is 0 Å². The molecule has 92 valence electrons. The number of carboxylic acid groups (broad SMARTS) is 1.